The molecule has 0 bridgehead atoms. The number of hydrogen-bond acceptors (Lipinski definition) is 5. The number of allylic oxidation sites excluding steroid dienone is 3. The second kappa shape index (κ2) is 7.40. The van der Waals surface area contributed by atoms with Crippen molar-refractivity contribution >= 4 is 29.2 Å². The normalized spacial score (nSPS) is 23.4. The molecule has 28 heavy (non-hydrogen) atoms. The minimum atomic E-state index is -0.990. The van der Waals surface area contributed by atoms with Crippen LogP contribution in [0.2, 0.25) is 0 Å². The lowest BCUT2D eigenvalue weighted by atomic mass is 9.96. The summed E-state index contributed by atoms with van der Waals surface area (Å²) in [5.74, 6) is 0.630. The predicted molar refractivity (Wildman–Crippen MR) is 102 cm³/mol. The molecule has 2 N–H and O–H groups in total. The highest BCUT2D eigenvalue weighted by Crippen LogP contribution is 2.35. The highest BCUT2D eigenvalue weighted by atomic mass is 16.5. The van der Waals surface area contributed by atoms with Crippen LogP contribution in [0, 0.1) is 5.92 Å². The summed E-state index contributed by atoms with van der Waals surface area (Å²) in [6, 6.07) is 6.53. The summed E-state index contributed by atoms with van der Waals surface area (Å²) in [7, 11) is 0. The molecule has 1 aromatic heterocycles. The maximum absolute atomic E-state index is 11.8. The molecule has 1 aliphatic carbocycles. The molecule has 1 aromatic carbocycles. The fourth-order valence-electron chi connectivity index (χ4n) is 3.81. The Labute approximate surface area is 160 Å². The van der Waals surface area contributed by atoms with Crippen LogP contribution in [0.15, 0.2) is 54.1 Å². The fourth-order valence-corrected chi connectivity index (χ4v) is 3.81. The molecular formula is C21H18N2O5. The molecule has 0 amide bonds. The first-order valence-corrected chi connectivity index (χ1v) is 8.91. The van der Waals surface area contributed by atoms with Crippen molar-refractivity contribution in [3.05, 3.63) is 65.4 Å². The molecule has 4 rings (SSSR count). The number of nitrogens with zero attached hydrogens (tertiary/aromatic N) is 1. The Hall–Kier alpha value is -3.25. The molecule has 1 aliphatic heterocycles. The number of carboxylic acids is 1. The quantitative estimate of drug-likeness (QED) is 0.608. The van der Waals surface area contributed by atoms with E-state index in [2.05, 4.69) is 5.32 Å². The smallest absolute Gasteiger partial charge is 0.321 e. The lowest BCUT2D eigenvalue weighted by Gasteiger charge is -2.31. The molecule has 0 fully saturated rings. The number of carboxylic acid groups (broad SMARTS) is 1. The maximum Gasteiger partial charge on any atom is 0.321 e. The van der Waals surface area contributed by atoms with Gasteiger partial charge in [-0.25, -0.2) is 4.79 Å². The molecule has 2 heterocycles. The molecule has 2 aromatic rings. The molecule has 7 heteroatoms. The van der Waals surface area contributed by atoms with Crippen LogP contribution in [-0.4, -0.2) is 40.6 Å². The first-order chi connectivity index (χ1) is 13.6. The van der Waals surface area contributed by atoms with Crippen LogP contribution < -0.4 is 5.32 Å². The number of rotatable bonds is 5. The average molecular weight is 378 g/mol. The minimum Gasteiger partial charge on any atom is -0.480 e. The Bertz CT molecular complexity index is 1060. The lowest BCUT2D eigenvalue weighted by Crippen LogP contribution is -2.46. The number of carbonyl (C=O) groups is 2. The first kappa shape index (κ1) is 18.1. The van der Waals surface area contributed by atoms with E-state index in [4.69, 9.17) is 4.74 Å². The second-order valence-electron chi connectivity index (χ2n) is 6.74. The Morgan fingerprint density at radius 2 is 2.18 bits per heavy atom. The zero-order chi connectivity index (χ0) is 19.7. The molecule has 3 atom stereocenters. The molecule has 7 nitrogen and oxygen atoms in total. The van der Waals surface area contributed by atoms with E-state index in [0.717, 1.165) is 10.9 Å². The summed E-state index contributed by atoms with van der Waals surface area (Å²) in [6.07, 6.45) is 7.22. The number of carbonyl (C=O) groups excluding carboxylic acids is 2. The van der Waals surface area contributed by atoms with Gasteiger partial charge in [0.2, 0.25) is 6.41 Å². The summed E-state index contributed by atoms with van der Waals surface area (Å²) in [6.45, 7) is 0.148. The van der Waals surface area contributed by atoms with Crippen LogP contribution in [0.3, 0.4) is 0 Å². The van der Waals surface area contributed by atoms with Gasteiger partial charge in [0.15, 0.2) is 6.23 Å². The number of para-hydroxylation sites is 1. The van der Waals surface area contributed by atoms with Gasteiger partial charge >= 0.3 is 5.97 Å². The Kier molecular flexibility index (Phi) is 4.79. The average Bonchev–Trinajstić information content (AvgIpc) is 3.06. The third-order valence-corrected chi connectivity index (χ3v) is 5.16. The number of ether oxygens (including phenoxy) is 1. The predicted octanol–water partition coefficient (Wildman–Crippen LogP) is 1.79. The lowest BCUT2D eigenvalue weighted by molar-refractivity contribution is -0.141. The highest BCUT2D eigenvalue weighted by molar-refractivity contribution is 5.91. The van der Waals surface area contributed by atoms with Crippen molar-refractivity contribution < 1.29 is 24.2 Å². The first-order valence-electron chi connectivity index (χ1n) is 8.91. The van der Waals surface area contributed by atoms with Crippen molar-refractivity contribution in [3.63, 3.8) is 0 Å². The number of fused-ring (bicyclic) bond motifs is 3. The van der Waals surface area contributed by atoms with E-state index in [1.165, 1.54) is 4.57 Å². The van der Waals surface area contributed by atoms with E-state index in [9.17, 15) is 19.5 Å². The number of benzene rings is 1. The molecule has 0 saturated carbocycles. The molecule has 142 valence electrons. The van der Waals surface area contributed by atoms with Crippen molar-refractivity contribution in [2.75, 3.05) is 6.61 Å². The summed E-state index contributed by atoms with van der Waals surface area (Å²) in [5.41, 5.74) is 2.55. The third-order valence-electron chi connectivity index (χ3n) is 5.16. The van der Waals surface area contributed by atoms with Gasteiger partial charge in [0, 0.05) is 23.3 Å². The Morgan fingerprint density at radius 1 is 1.36 bits per heavy atom. The monoisotopic (exact) mass is 378 g/mol. The van der Waals surface area contributed by atoms with Crippen molar-refractivity contribution in [2.24, 2.45) is 5.92 Å². The molecule has 0 radical (unpaired) electrons. The van der Waals surface area contributed by atoms with Crippen molar-refractivity contribution in [1.82, 2.24) is 9.88 Å². The van der Waals surface area contributed by atoms with Crippen LogP contribution in [0.4, 0.5) is 0 Å². The summed E-state index contributed by atoms with van der Waals surface area (Å²) in [5, 5.41) is 13.3. The number of aromatic nitrogens is 1. The van der Waals surface area contributed by atoms with Crippen LogP contribution >= 0.6 is 0 Å². The van der Waals surface area contributed by atoms with Gasteiger partial charge in [-0.15, -0.1) is 0 Å². The molecule has 2 aliphatic rings. The van der Waals surface area contributed by atoms with Gasteiger partial charge < -0.3 is 9.84 Å². The van der Waals surface area contributed by atoms with E-state index in [1.807, 2.05) is 42.4 Å². The standard InChI is InChI=1S/C21H18N2O5/c24-10-13-5-1-2-6-14(13)11-28-20-19-16(9-17(22-20)21(26)27)15-7-3-4-8-18(15)23(19)12-25/h1-8,12,14,17,20,22H,9,11H2,(H,26,27)/t14?,17?,20-/m0/s1. The maximum atomic E-state index is 11.8. The van der Waals surface area contributed by atoms with E-state index >= 15 is 0 Å². The van der Waals surface area contributed by atoms with E-state index in [-0.39, 0.29) is 18.9 Å². The van der Waals surface area contributed by atoms with E-state index in [1.54, 1.807) is 12.2 Å². The molecule has 2 unspecified atom stereocenters. The third kappa shape index (κ3) is 3.01. The van der Waals surface area contributed by atoms with Gasteiger partial charge in [0.05, 0.1) is 17.8 Å². The summed E-state index contributed by atoms with van der Waals surface area (Å²) >= 11 is 0. The largest absolute Gasteiger partial charge is 0.480 e. The topological polar surface area (TPSA) is 97.6 Å². The van der Waals surface area contributed by atoms with Gasteiger partial charge in [0.1, 0.15) is 12.0 Å². The van der Waals surface area contributed by atoms with Gasteiger partial charge in [-0.1, -0.05) is 36.4 Å². The van der Waals surface area contributed by atoms with Gasteiger partial charge in [-0.2, -0.15) is 0 Å². The highest BCUT2D eigenvalue weighted by Gasteiger charge is 2.36. The molecule has 0 saturated heterocycles. The Morgan fingerprint density at radius 3 is 2.93 bits per heavy atom. The van der Waals surface area contributed by atoms with Crippen LogP contribution in [0.1, 0.15) is 17.5 Å². The minimum absolute atomic E-state index is 0.148. The zero-order valence-electron chi connectivity index (χ0n) is 14.9. The van der Waals surface area contributed by atoms with E-state index in [0.29, 0.717) is 23.2 Å². The number of hydrogen-bond donors (Lipinski definition) is 2. The van der Waals surface area contributed by atoms with Crippen molar-refractivity contribution in [3.8, 4) is 0 Å². The Balaban J connectivity index is 1.72. The fraction of sp³-hybridized carbons (Fsp3) is 0.238. The van der Waals surface area contributed by atoms with Crippen molar-refractivity contribution in [1.29, 1.82) is 0 Å². The van der Waals surface area contributed by atoms with Crippen LogP contribution in [0.25, 0.3) is 10.9 Å². The van der Waals surface area contributed by atoms with Crippen LogP contribution in [-0.2, 0) is 25.5 Å². The molecular weight excluding hydrogens is 360 g/mol. The number of nitrogens with one attached hydrogen (secondary N) is 1. The number of aliphatic carboxylic acids is 1. The van der Waals surface area contributed by atoms with Crippen LogP contribution in [0.5, 0.6) is 0 Å². The van der Waals surface area contributed by atoms with Crippen molar-refractivity contribution in [2.45, 2.75) is 18.7 Å². The second-order valence-corrected chi connectivity index (χ2v) is 6.74. The zero-order valence-corrected chi connectivity index (χ0v) is 14.9. The molecule has 0 spiro atoms. The van der Waals surface area contributed by atoms with E-state index < -0.39 is 18.2 Å². The van der Waals surface area contributed by atoms with Gasteiger partial charge in [0.25, 0.3) is 0 Å². The van der Waals surface area contributed by atoms with Gasteiger partial charge in [-0.05, 0) is 17.7 Å². The SMILES string of the molecule is O=C=C1C=CC=CC1CO[C@@H]1NC(C(=O)O)Cc2c1n(C=O)c1ccccc21. The van der Waals surface area contributed by atoms with Gasteiger partial charge in [-0.3, -0.25) is 19.5 Å². The summed E-state index contributed by atoms with van der Waals surface area (Å²) < 4.78 is 7.49. The summed E-state index contributed by atoms with van der Waals surface area (Å²) in [4.78, 5) is 34.6.